The van der Waals surface area contributed by atoms with Crippen molar-refractivity contribution in [1.29, 1.82) is 0 Å². The van der Waals surface area contributed by atoms with Crippen LogP contribution >= 0.6 is 0 Å². The van der Waals surface area contributed by atoms with Gasteiger partial charge in [-0.05, 0) is 12.3 Å². The summed E-state index contributed by atoms with van der Waals surface area (Å²) in [4.78, 5) is 21.1. The van der Waals surface area contributed by atoms with Crippen LogP contribution in [0.15, 0.2) is 0 Å². The SMILES string of the molecule is CCCC(CNC(=O)O)CNC(=O)OC. The average molecular weight is 218 g/mol. The quantitative estimate of drug-likeness (QED) is 0.621. The maximum atomic E-state index is 10.8. The van der Waals surface area contributed by atoms with Gasteiger partial charge in [-0.1, -0.05) is 13.3 Å². The summed E-state index contributed by atoms with van der Waals surface area (Å²) < 4.78 is 4.42. The molecule has 0 radical (unpaired) electrons. The summed E-state index contributed by atoms with van der Waals surface area (Å²) in [6.07, 6.45) is 0.250. The van der Waals surface area contributed by atoms with Gasteiger partial charge in [0.2, 0.25) is 0 Å². The molecule has 0 aromatic rings. The van der Waals surface area contributed by atoms with Crippen molar-refractivity contribution in [2.24, 2.45) is 5.92 Å². The van der Waals surface area contributed by atoms with Gasteiger partial charge in [0.1, 0.15) is 0 Å². The van der Waals surface area contributed by atoms with Crippen LogP contribution in [0.1, 0.15) is 19.8 Å². The number of carboxylic acid groups (broad SMARTS) is 1. The minimum Gasteiger partial charge on any atom is -0.465 e. The number of nitrogens with one attached hydrogen (secondary N) is 2. The van der Waals surface area contributed by atoms with Gasteiger partial charge in [0.15, 0.2) is 0 Å². The summed E-state index contributed by atoms with van der Waals surface area (Å²) >= 11 is 0. The van der Waals surface area contributed by atoms with Gasteiger partial charge in [0.05, 0.1) is 7.11 Å². The Kier molecular flexibility index (Phi) is 7.13. The lowest BCUT2D eigenvalue weighted by atomic mass is 10.0. The molecular formula is C9H18N2O4. The van der Waals surface area contributed by atoms with E-state index in [0.29, 0.717) is 13.1 Å². The zero-order chi connectivity index (χ0) is 11.7. The van der Waals surface area contributed by atoms with Crippen molar-refractivity contribution in [2.45, 2.75) is 19.8 Å². The van der Waals surface area contributed by atoms with Gasteiger partial charge in [-0.2, -0.15) is 0 Å². The number of carbonyl (C=O) groups is 2. The molecule has 0 aliphatic carbocycles. The fraction of sp³-hybridized carbons (Fsp3) is 0.778. The largest absolute Gasteiger partial charge is 0.465 e. The minimum atomic E-state index is -1.05. The Morgan fingerprint density at radius 3 is 2.40 bits per heavy atom. The van der Waals surface area contributed by atoms with E-state index >= 15 is 0 Å². The minimum absolute atomic E-state index is 0.102. The predicted octanol–water partition coefficient (Wildman–Crippen LogP) is 1.03. The summed E-state index contributed by atoms with van der Waals surface area (Å²) in [5.74, 6) is 0.102. The number of hydrogen-bond acceptors (Lipinski definition) is 3. The molecular weight excluding hydrogens is 200 g/mol. The molecule has 1 atom stereocenters. The van der Waals surface area contributed by atoms with Crippen molar-refractivity contribution in [3.8, 4) is 0 Å². The van der Waals surface area contributed by atoms with E-state index in [0.717, 1.165) is 12.8 Å². The molecule has 0 heterocycles. The van der Waals surface area contributed by atoms with Crippen molar-refractivity contribution < 1.29 is 19.4 Å². The average Bonchev–Trinajstić information content (AvgIpc) is 2.21. The number of carbonyl (C=O) groups excluding carboxylic acids is 1. The maximum Gasteiger partial charge on any atom is 0.406 e. The van der Waals surface area contributed by atoms with Crippen LogP contribution in [-0.4, -0.2) is 37.5 Å². The summed E-state index contributed by atoms with van der Waals surface area (Å²) in [5.41, 5.74) is 0. The second-order valence-corrected chi connectivity index (χ2v) is 3.21. The third kappa shape index (κ3) is 7.60. The van der Waals surface area contributed by atoms with E-state index in [1.807, 2.05) is 6.92 Å². The lowest BCUT2D eigenvalue weighted by Gasteiger charge is -2.15. The molecule has 88 valence electrons. The van der Waals surface area contributed by atoms with E-state index in [2.05, 4.69) is 15.4 Å². The van der Waals surface area contributed by atoms with Crippen LogP contribution < -0.4 is 10.6 Å². The first kappa shape index (κ1) is 13.5. The molecule has 0 aliphatic heterocycles. The Labute approximate surface area is 89.0 Å². The summed E-state index contributed by atoms with van der Waals surface area (Å²) in [5, 5.41) is 13.3. The van der Waals surface area contributed by atoms with Crippen molar-refractivity contribution >= 4 is 12.2 Å². The smallest absolute Gasteiger partial charge is 0.406 e. The first-order valence-corrected chi connectivity index (χ1v) is 4.88. The van der Waals surface area contributed by atoms with Gasteiger partial charge in [-0.3, -0.25) is 0 Å². The molecule has 0 spiro atoms. The highest BCUT2D eigenvalue weighted by Crippen LogP contribution is 2.03. The van der Waals surface area contributed by atoms with E-state index in [1.165, 1.54) is 7.11 Å². The fourth-order valence-electron chi connectivity index (χ4n) is 1.22. The molecule has 0 saturated heterocycles. The number of alkyl carbamates (subject to hydrolysis) is 1. The Hall–Kier alpha value is -1.46. The van der Waals surface area contributed by atoms with Gasteiger partial charge < -0.3 is 20.5 Å². The van der Waals surface area contributed by atoms with Crippen LogP contribution in [0.25, 0.3) is 0 Å². The summed E-state index contributed by atoms with van der Waals surface area (Å²) in [6, 6.07) is 0. The van der Waals surface area contributed by atoms with Crippen LogP contribution in [0.2, 0.25) is 0 Å². The Morgan fingerprint density at radius 2 is 1.93 bits per heavy atom. The van der Waals surface area contributed by atoms with Gasteiger partial charge in [-0.25, -0.2) is 9.59 Å². The molecule has 0 saturated carbocycles. The fourth-order valence-corrected chi connectivity index (χ4v) is 1.22. The molecule has 0 aliphatic rings. The topological polar surface area (TPSA) is 87.7 Å². The second kappa shape index (κ2) is 7.90. The van der Waals surface area contributed by atoms with Crippen molar-refractivity contribution in [1.82, 2.24) is 10.6 Å². The lowest BCUT2D eigenvalue weighted by molar-refractivity contribution is 0.168. The van der Waals surface area contributed by atoms with E-state index < -0.39 is 12.2 Å². The van der Waals surface area contributed by atoms with Crippen molar-refractivity contribution in [2.75, 3.05) is 20.2 Å². The zero-order valence-electron chi connectivity index (χ0n) is 9.08. The number of ether oxygens (including phenoxy) is 1. The Bertz CT molecular complexity index is 208. The molecule has 0 bridgehead atoms. The standard InChI is InChI=1S/C9H18N2O4/c1-3-4-7(5-10-8(12)13)6-11-9(14)15-2/h7,10H,3-6H2,1-2H3,(H,11,14)(H,12,13). The molecule has 0 fully saturated rings. The molecule has 1 unspecified atom stereocenters. The summed E-state index contributed by atoms with van der Waals surface area (Å²) in [7, 11) is 1.29. The first-order valence-electron chi connectivity index (χ1n) is 4.88. The predicted molar refractivity (Wildman–Crippen MR) is 54.8 cm³/mol. The van der Waals surface area contributed by atoms with E-state index in [9.17, 15) is 9.59 Å². The molecule has 0 aromatic carbocycles. The number of amides is 2. The molecule has 15 heavy (non-hydrogen) atoms. The molecule has 3 N–H and O–H groups in total. The first-order chi connectivity index (χ1) is 7.10. The third-order valence-electron chi connectivity index (χ3n) is 1.96. The number of rotatable bonds is 6. The number of methoxy groups -OCH3 is 1. The molecule has 0 rings (SSSR count). The molecule has 0 aromatic heterocycles. The van der Waals surface area contributed by atoms with Gasteiger partial charge in [-0.15, -0.1) is 0 Å². The van der Waals surface area contributed by atoms with Crippen LogP contribution in [0, 0.1) is 5.92 Å². The van der Waals surface area contributed by atoms with Crippen molar-refractivity contribution in [3.05, 3.63) is 0 Å². The van der Waals surface area contributed by atoms with Crippen molar-refractivity contribution in [3.63, 3.8) is 0 Å². The van der Waals surface area contributed by atoms with Gasteiger partial charge in [0.25, 0.3) is 0 Å². The third-order valence-corrected chi connectivity index (χ3v) is 1.96. The van der Waals surface area contributed by atoms with Crippen LogP contribution in [0.3, 0.4) is 0 Å². The van der Waals surface area contributed by atoms with E-state index in [1.54, 1.807) is 0 Å². The Morgan fingerprint density at radius 1 is 1.33 bits per heavy atom. The highest BCUT2D eigenvalue weighted by molar-refractivity contribution is 5.67. The van der Waals surface area contributed by atoms with Crippen LogP contribution in [0.5, 0.6) is 0 Å². The number of hydrogen-bond donors (Lipinski definition) is 3. The maximum absolute atomic E-state index is 10.8. The normalized spacial score (nSPS) is 11.6. The van der Waals surface area contributed by atoms with Gasteiger partial charge in [0, 0.05) is 13.1 Å². The zero-order valence-corrected chi connectivity index (χ0v) is 9.08. The van der Waals surface area contributed by atoms with Crippen LogP contribution in [-0.2, 0) is 4.74 Å². The highest BCUT2D eigenvalue weighted by atomic mass is 16.5. The van der Waals surface area contributed by atoms with Crippen LogP contribution in [0.4, 0.5) is 9.59 Å². The molecule has 6 nitrogen and oxygen atoms in total. The van der Waals surface area contributed by atoms with Gasteiger partial charge >= 0.3 is 12.2 Å². The molecule has 2 amide bonds. The second-order valence-electron chi connectivity index (χ2n) is 3.21. The monoisotopic (exact) mass is 218 g/mol. The Balaban J connectivity index is 3.81. The molecule has 6 heteroatoms. The highest BCUT2D eigenvalue weighted by Gasteiger charge is 2.10. The van der Waals surface area contributed by atoms with E-state index in [4.69, 9.17) is 5.11 Å². The van der Waals surface area contributed by atoms with E-state index in [-0.39, 0.29) is 5.92 Å². The summed E-state index contributed by atoms with van der Waals surface area (Å²) in [6.45, 7) is 2.76. The lowest BCUT2D eigenvalue weighted by Crippen LogP contribution is -2.36.